The van der Waals surface area contributed by atoms with E-state index in [4.69, 9.17) is 14.2 Å². The molecule has 8 nitrogen and oxygen atoms in total. The van der Waals surface area contributed by atoms with Crippen LogP contribution in [0.3, 0.4) is 0 Å². The largest absolute Gasteiger partial charge is 0.493 e. The van der Waals surface area contributed by atoms with Gasteiger partial charge < -0.3 is 19.2 Å². The molecule has 0 aliphatic rings. The Bertz CT molecular complexity index is 1090. The zero-order chi connectivity index (χ0) is 18.9. The quantitative estimate of drug-likeness (QED) is 0.663. The molecule has 0 spiro atoms. The monoisotopic (exact) mass is 396 g/mol. The van der Waals surface area contributed by atoms with Gasteiger partial charge in [-0.25, -0.2) is 8.42 Å². The fourth-order valence-corrected chi connectivity index (χ4v) is 4.36. The van der Waals surface area contributed by atoms with E-state index < -0.39 is 10.0 Å². The highest BCUT2D eigenvalue weighted by molar-refractivity contribution is 7.92. The number of thiazole rings is 1. The molecule has 0 amide bonds. The van der Waals surface area contributed by atoms with Crippen molar-refractivity contribution in [3.63, 3.8) is 0 Å². The van der Waals surface area contributed by atoms with Crippen LogP contribution in [0.15, 0.2) is 40.0 Å². The molecule has 3 aromatic rings. The molecule has 2 N–H and O–H groups in total. The first-order valence-electron chi connectivity index (χ1n) is 7.33. The first kappa shape index (κ1) is 18.1. The highest BCUT2D eigenvalue weighted by Gasteiger charge is 2.19. The molecule has 0 bridgehead atoms. The lowest BCUT2D eigenvalue weighted by Gasteiger charge is -2.15. The average Bonchev–Trinajstić information content (AvgIpc) is 2.99. The summed E-state index contributed by atoms with van der Waals surface area (Å²) in [5, 5.41) is 0. The van der Waals surface area contributed by atoms with Crippen LogP contribution in [0, 0.1) is 0 Å². The van der Waals surface area contributed by atoms with Gasteiger partial charge in [0.1, 0.15) is 0 Å². The summed E-state index contributed by atoms with van der Waals surface area (Å²) in [6.45, 7) is 0. The van der Waals surface area contributed by atoms with Crippen LogP contribution >= 0.6 is 11.3 Å². The van der Waals surface area contributed by atoms with Gasteiger partial charge in [0.2, 0.25) is 5.75 Å². The number of benzene rings is 2. The van der Waals surface area contributed by atoms with Crippen molar-refractivity contribution in [3.05, 3.63) is 40.0 Å². The number of aromatic nitrogens is 1. The minimum Gasteiger partial charge on any atom is -0.493 e. The van der Waals surface area contributed by atoms with E-state index in [-0.39, 0.29) is 15.5 Å². The number of nitrogens with one attached hydrogen (secondary N) is 2. The van der Waals surface area contributed by atoms with Crippen LogP contribution in [0.25, 0.3) is 10.2 Å². The fraction of sp³-hybridized carbons (Fsp3) is 0.188. The Labute approximate surface area is 153 Å². The van der Waals surface area contributed by atoms with Crippen molar-refractivity contribution >= 4 is 37.3 Å². The molecule has 0 aliphatic heterocycles. The van der Waals surface area contributed by atoms with Gasteiger partial charge in [0.15, 0.2) is 11.5 Å². The van der Waals surface area contributed by atoms with Crippen molar-refractivity contribution in [2.75, 3.05) is 26.1 Å². The molecule has 10 heteroatoms. The van der Waals surface area contributed by atoms with Crippen LogP contribution in [0.5, 0.6) is 17.2 Å². The first-order valence-corrected chi connectivity index (χ1v) is 9.63. The van der Waals surface area contributed by atoms with E-state index >= 15 is 0 Å². The summed E-state index contributed by atoms with van der Waals surface area (Å²) in [4.78, 5) is 13.8. The van der Waals surface area contributed by atoms with Gasteiger partial charge in [-0.2, -0.15) is 0 Å². The molecule has 2 aromatic carbocycles. The van der Waals surface area contributed by atoms with E-state index in [1.54, 1.807) is 6.07 Å². The summed E-state index contributed by atoms with van der Waals surface area (Å²) in [5.41, 5.74) is 0.841. The number of hydrogen-bond donors (Lipinski definition) is 2. The van der Waals surface area contributed by atoms with Crippen LogP contribution in [-0.4, -0.2) is 34.7 Å². The Balaban J connectivity index is 2.01. The Morgan fingerprint density at radius 1 is 1.00 bits per heavy atom. The van der Waals surface area contributed by atoms with E-state index in [9.17, 15) is 13.2 Å². The second-order valence-corrected chi connectivity index (χ2v) is 7.89. The molecule has 0 aliphatic carbocycles. The predicted molar refractivity (Wildman–Crippen MR) is 99.4 cm³/mol. The summed E-state index contributed by atoms with van der Waals surface area (Å²) in [7, 11) is 0.467. The predicted octanol–water partition coefficient (Wildman–Crippen LogP) is 2.42. The molecule has 0 saturated carbocycles. The Morgan fingerprint density at radius 2 is 1.65 bits per heavy atom. The lowest BCUT2D eigenvalue weighted by atomic mass is 10.2. The highest BCUT2D eigenvalue weighted by Crippen LogP contribution is 2.40. The lowest BCUT2D eigenvalue weighted by molar-refractivity contribution is 0.325. The van der Waals surface area contributed by atoms with Crippen molar-refractivity contribution in [2.45, 2.75) is 4.90 Å². The number of methoxy groups -OCH3 is 3. The minimum atomic E-state index is -3.88. The third-order valence-corrected chi connectivity index (χ3v) is 5.84. The smallest absolute Gasteiger partial charge is 0.305 e. The molecule has 3 rings (SSSR count). The Hall–Kier alpha value is -2.72. The van der Waals surface area contributed by atoms with Crippen molar-refractivity contribution in [1.29, 1.82) is 0 Å². The second kappa shape index (κ2) is 6.89. The van der Waals surface area contributed by atoms with Crippen molar-refractivity contribution in [1.82, 2.24) is 4.98 Å². The van der Waals surface area contributed by atoms with E-state index in [0.29, 0.717) is 27.5 Å². The van der Waals surface area contributed by atoms with Crippen molar-refractivity contribution in [3.8, 4) is 17.2 Å². The fourth-order valence-electron chi connectivity index (χ4n) is 2.45. The van der Waals surface area contributed by atoms with Crippen LogP contribution < -0.4 is 23.8 Å². The van der Waals surface area contributed by atoms with Gasteiger partial charge in [0.05, 0.1) is 42.1 Å². The maximum Gasteiger partial charge on any atom is 0.305 e. The third kappa shape index (κ3) is 3.33. The zero-order valence-corrected chi connectivity index (χ0v) is 15.8. The first-order chi connectivity index (χ1) is 12.4. The average molecular weight is 396 g/mol. The molecule has 0 radical (unpaired) electrons. The molecule has 26 heavy (non-hydrogen) atoms. The van der Waals surface area contributed by atoms with E-state index in [2.05, 4.69) is 9.71 Å². The van der Waals surface area contributed by atoms with Crippen LogP contribution in [0.2, 0.25) is 0 Å². The maximum absolute atomic E-state index is 12.7. The molecule has 0 saturated heterocycles. The van der Waals surface area contributed by atoms with Gasteiger partial charge in [0.25, 0.3) is 10.0 Å². The Morgan fingerprint density at radius 3 is 2.23 bits per heavy atom. The van der Waals surface area contributed by atoms with Crippen molar-refractivity contribution in [2.24, 2.45) is 0 Å². The number of ether oxygens (including phenoxy) is 3. The van der Waals surface area contributed by atoms with Gasteiger partial charge in [-0.1, -0.05) is 11.3 Å². The number of H-pyrrole nitrogens is 1. The van der Waals surface area contributed by atoms with Crippen LogP contribution in [-0.2, 0) is 10.0 Å². The molecule has 1 aromatic heterocycles. The summed E-state index contributed by atoms with van der Waals surface area (Å²) in [5.74, 6) is 1.00. The van der Waals surface area contributed by atoms with E-state index in [0.717, 1.165) is 11.3 Å². The van der Waals surface area contributed by atoms with Gasteiger partial charge in [-0.15, -0.1) is 0 Å². The van der Waals surface area contributed by atoms with E-state index in [1.807, 2.05) is 0 Å². The number of anilines is 1. The third-order valence-electron chi connectivity index (χ3n) is 3.62. The summed E-state index contributed by atoms with van der Waals surface area (Å²) in [6.07, 6.45) is 0. The van der Waals surface area contributed by atoms with Gasteiger partial charge >= 0.3 is 4.87 Å². The lowest BCUT2D eigenvalue weighted by Crippen LogP contribution is -2.13. The molecule has 0 unspecified atom stereocenters. The van der Waals surface area contributed by atoms with Gasteiger partial charge in [0, 0.05) is 12.1 Å². The number of rotatable bonds is 6. The maximum atomic E-state index is 12.7. The van der Waals surface area contributed by atoms with Crippen LogP contribution in [0.4, 0.5) is 5.69 Å². The second-order valence-electron chi connectivity index (χ2n) is 5.19. The summed E-state index contributed by atoms with van der Waals surface area (Å²) >= 11 is 0.946. The summed E-state index contributed by atoms with van der Waals surface area (Å²) < 4.78 is 44.1. The molecule has 0 atom stereocenters. The topological polar surface area (TPSA) is 107 Å². The summed E-state index contributed by atoms with van der Waals surface area (Å²) in [6, 6.07) is 7.40. The molecule has 138 valence electrons. The number of hydrogen-bond acceptors (Lipinski definition) is 7. The normalized spacial score (nSPS) is 11.3. The molecular formula is C16H16N2O6S2. The van der Waals surface area contributed by atoms with Crippen LogP contribution in [0.1, 0.15) is 0 Å². The van der Waals surface area contributed by atoms with E-state index in [1.165, 1.54) is 45.6 Å². The minimum absolute atomic E-state index is 0.0361. The number of fused-ring (bicyclic) bond motifs is 1. The van der Waals surface area contributed by atoms with Gasteiger partial charge in [-0.05, 0) is 18.2 Å². The molecule has 0 fully saturated rings. The highest BCUT2D eigenvalue weighted by atomic mass is 32.2. The zero-order valence-electron chi connectivity index (χ0n) is 14.2. The molecule has 1 heterocycles. The van der Waals surface area contributed by atoms with Gasteiger partial charge in [-0.3, -0.25) is 9.52 Å². The SMILES string of the molecule is COc1cc(NS(=O)(=O)c2ccc3[nH]c(=O)sc3c2)cc(OC)c1OC. The van der Waals surface area contributed by atoms with Crippen molar-refractivity contribution < 1.29 is 22.6 Å². The standard InChI is InChI=1S/C16H16N2O6S2/c1-22-12-6-9(7-13(23-2)15(12)24-3)18-26(20,21)10-4-5-11-14(8-10)25-16(19)17-11/h4-8,18H,1-3H3,(H,17,19). The number of aromatic amines is 1. The Kier molecular flexibility index (Phi) is 4.79. The number of sulfonamides is 1. The molecular weight excluding hydrogens is 380 g/mol.